The van der Waals surface area contributed by atoms with E-state index in [0.717, 1.165) is 12.1 Å². The van der Waals surface area contributed by atoms with Crippen LogP contribution in [-0.2, 0) is 6.18 Å². The first-order valence-electron chi connectivity index (χ1n) is 3.77. The SMILES string of the molecule is Cc1cc(F)cc(C(F)(F)F)c1.FCF. The van der Waals surface area contributed by atoms with Crippen molar-refractivity contribution in [3.63, 3.8) is 0 Å². The van der Waals surface area contributed by atoms with Gasteiger partial charge in [-0.1, -0.05) is 0 Å². The summed E-state index contributed by atoms with van der Waals surface area (Å²) < 4.78 is 67.7. The van der Waals surface area contributed by atoms with Crippen LogP contribution in [0.5, 0.6) is 0 Å². The van der Waals surface area contributed by atoms with Crippen LogP contribution in [0.25, 0.3) is 0 Å². The third-order valence-corrected chi connectivity index (χ3v) is 1.37. The largest absolute Gasteiger partial charge is 0.416 e. The van der Waals surface area contributed by atoms with Crippen molar-refractivity contribution in [3.8, 4) is 0 Å². The molecule has 15 heavy (non-hydrogen) atoms. The molecule has 0 nitrogen and oxygen atoms in total. The molecule has 0 aliphatic heterocycles. The Labute approximate surface area is 82.5 Å². The standard InChI is InChI=1S/C8H6F4.CH2F2/c1-5-2-6(8(10,11)12)4-7(9)3-5;2-1-3/h2-4H,1H3;1H2. The van der Waals surface area contributed by atoms with Crippen LogP contribution in [0.4, 0.5) is 26.3 Å². The first kappa shape index (κ1) is 13.8. The van der Waals surface area contributed by atoms with E-state index in [2.05, 4.69) is 0 Å². The van der Waals surface area contributed by atoms with Gasteiger partial charge in [-0.25, -0.2) is 13.2 Å². The highest BCUT2D eigenvalue weighted by Crippen LogP contribution is 2.30. The topological polar surface area (TPSA) is 0 Å². The van der Waals surface area contributed by atoms with Crippen molar-refractivity contribution in [2.45, 2.75) is 13.1 Å². The fraction of sp³-hybridized carbons (Fsp3) is 0.333. The molecule has 0 heterocycles. The molecular formula is C9H8F6. The molecule has 1 aromatic carbocycles. The normalized spacial score (nSPS) is 10.6. The van der Waals surface area contributed by atoms with Gasteiger partial charge in [0.05, 0.1) is 5.56 Å². The second-order valence-electron chi connectivity index (χ2n) is 2.62. The smallest absolute Gasteiger partial charge is 0.214 e. The van der Waals surface area contributed by atoms with Gasteiger partial charge in [0, 0.05) is 0 Å². The van der Waals surface area contributed by atoms with E-state index in [4.69, 9.17) is 0 Å². The molecule has 0 fully saturated rings. The average molecular weight is 230 g/mol. The van der Waals surface area contributed by atoms with Crippen molar-refractivity contribution in [2.75, 3.05) is 6.93 Å². The number of hydrogen-bond acceptors (Lipinski definition) is 0. The Balaban J connectivity index is 0.000000583. The van der Waals surface area contributed by atoms with E-state index in [1.807, 2.05) is 0 Å². The average Bonchev–Trinajstić information content (AvgIpc) is 2.01. The van der Waals surface area contributed by atoms with Crippen molar-refractivity contribution in [1.82, 2.24) is 0 Å². The fourth-order valence-electron chi connectivity index (χ4n) is 0.900. The predicted molar refractivity (Wildman–Crippen MR) is 43.2 cm³/mol. The van der Waals surface area contributed by atoms with Crippen LogP contribution >= 0.6 is 0 Å². The maximum absolute atomic E-state index is 12.5. The van der Waals surface area contributed by atoms with Gasteiger partial charge >= 0.3 is 6.18 Å². The van der Waals surface area contributed by atoms with Gasteiger partial charge in [-0.3, -0.25) is 0 Å². The summed E-state index contributed by atoms with van der Waals surface area (Å²) in [6.07, 6.45) is -4.47. The third-order valence-electron chi connectivity index (χ3n) is 1.37. The van der Waals surface area contributed by atoms with Gasteiger partial charge in [-0.15, -0.1) is 0 Å². The van der Waals surface area contributed by atoms with Gasteiger partial charge in [-0.2, -0.15) is 13.2 Å². The Morgan fingerprint density at radius 1 is 1.07 bits per heavy atom. The fourth-order valence-corrected chi connectivity index (χ4v) is 0.900. The van der Waals surface area contributed by atoms with Gasteiger partial charge in [0.25, 0.3) is 0 Å². The summed E-state index contributed by atoms with van der Waals surface area (Å²) in [6, 6.07) is 2.44. The molecule has 0 unspecified atom stereocenters. The molecule has 6 heteroatoms. The zero-order valence-corrected chi connectivity index (χ0v) is 7.71. The summed E-state index contributed by atoms with van der Waals surface area (Å²) in [6.45, 7) is -0.335. The van der Waals surface area contributed by atoms with Crippen LogP contribution in [0.15, 0.2) is 18.2 Å². The van der Waals surface area contributed by atoms with Crippen LogP contribution in [0.1, 0.15) is 11.1 Å². The second-order valence-corrected chi connectivity index (χ2v) is 2.62. The maximum Gasteiger partial charge on any atom is 0.416 e. The molecule has 0 aliphatic rings. The van der Waals surface area contributed by atoms with E-state index in [0.29, 0.717) is 6.07 Å². The Kier molecular flexibility index (Phi) is 5.18. The van der Waals surface area contributed by atoms with Crippen molar-refractivity contribution in [3.05, 3.63) is 35.1 Å². The van der Waals surface area contributed by atoms with Crippen LogP contribution < -0.4 is 0 Å². The maximum atomic E-state index is 12.5. The van der Waals surface area contributed by atoms with Gasteiger partial charge in [0.15, 0.2) is 0 Å². The second kappa shape index (κ2) is 5.63. The zero-order chi connectivity index (χ0) is 12.1. The van der Waals surface area contributed by atoms with E-state index < -0.39 is 24.5 Å². The Morgan fingerprint density at radius 2 is 1.53 bits per heavy atom. The highest BCUT2D eigenvalue weighted by Gasteiger charge is 2.30. The summed E-state index contributed by atoms with van der Waals surface area (Å²) in [5, 5.41) is 0. The lowest BCUT2D eigenvalue weighted by Gasteiger charge is -2.06. The molecule has 0 N–H and O–H groups in total. The van der Waals surface area contributed by atoms with E-state index >= 15 is 0 Å². The number of halogens is 6. The number of benzene rings is 1. The molecule has 0 spiro atoms. The zero-order valence-electron chi connectivity index (χ0n) is 7.71. The van der Waals surface area contributed by atoms with Crippen LogP contribution in [0.3, 0.4) is 0 Å². The number of rotatable bonds is 0. The Morgan fingerprint density at radius 3 is 1.87 bits per heavy atom. The first-order chi connectivity index (χ1) is 6.81. The molecule has 0 aromatic heterocycles. The quantitative estimate of drug-likeness (QED) is 0.590. The third kappa shape index (κ3) is 5.29. The molecule has 0 bridgehead atoms. The minimum absolute atomic E-state index is 0.266. The lowest BCUT2D eigenvalue weighted by atomic mass is 10.1. The minimum atomic E-state index is -4.47. The van der Waals surface area contributed by atoms with Crippen molar-refractivity contribution < 1.29 is 26.3 Å². The Hall–Kier alpha value is -1.20. The molecule has 0 atom stereocenters. The molecule has 0 saturated carbocycles. The van der Waals surface area contributed by atoms with Gasteiger partial charge in [0.2, 0.25) is 6.93 Å². The number of aryl methyl sites for hydroxylation is 1. The number of alkyl halides is 5. The van der Waals surface area contributed by atoms with E-state index in [9.17, 15) is 26.3 Å². The Bertz CT molecular complexity index is 284. The van der Waals surface area contributed by atoms with Crippen LogP contribution in [0, 0.1) is 12.7 Å². The minimum Gasteiger partial charge on any atom is -0.214 e. The summed E-state index contributed by atoms with van der Waals surface area (Å²) >= 11 is 0. The highest BCUT2D eigenvalue weighted by molar-refractivity contribution is 5.25. The van der Waals surface area contributed by atoms with E-state index in [1.54, 1.807) is 0 Å². The lowest BCUT2D eigenvalue weighted by Crippen LogP contribution is -2.05. The van der Waals surface area contributed by atoms with Crippen molar-refractivity contribution in [1.29, 1.82) is 0 Å². The highest BCUT2D eigenvalue weighted by atomic mass is 19.4. The van der Waals surface area contributed by atoms with Crippen LogP contribution in [0.2, 0.25) is 0 Å². The molecule has 86 valence electrons. The molecule has 1 aromatic rings. The monoisotopic (exact) mass is 230 g/mol. The molecular weight excluding hydrogens is 222 g/mol. The summed E-state index contributed by atoms with van der Waals surface area (Å²) in [5.41, 5.74) is -0.678. The van der Waals surface area contributed by atoms with E-state index in [1.165, 1.54) is 6.92 Å². The summed E-state index contributed by atoms with van der Waals surface area (Å²) in [5.74, 6) is -0.859. The molecule has 0 amide bonds. The van der Waals surface area contributed by atoms with Crippen LogP contribution in [-0.4, -0.2) is 6.93 Å². The van der Waals surface area contributed by atoms with Crippen molar-refractivity contribution in [2.24, 2.45) is 0 Å². The molecule has 1 rings (SSSR count). The van der Waals surface area contributed by atoms with Gasteiger partial charge in [0.1, 0.15) is 5.82 Å². The van der Waals surface area contributed by atoms with Gasteiger partial charge < -0.3 is 0 Å². The predicted octanol–water partition coefficient (Wildman–Crippen LogP) is 4.04. The van der Waals surface area contributed by atoms with Gasteiger partial charge in [-0.05, 0) is 30.7 Å². The molecule has 0 saturated heterocycles. The van der Waals surface area contributed by atoms with E-state index in [-0.39, 0.29) is 5.56 Å². The first-order valence-corrected chi connectivity index (χ1v) is 3.77. The molecule has 0 aliphatic carbocycles. The summed E-state index contributed by atoms with van der Waals surface area (Å²) in [7, 11) is 0. The summed E-state index contributed by atoms with van der Waals surface area (Å²) in [4.78, 5) is 0. The number of hydrogen-bond donors (Lipinski definition) is 0. The molecule has 0 radical (unpaired) electrons. The lowest BCUT2D eigenvalue weighted by molar-refractivity contribution is -0.137. The van der Waals surface area contributed by atoms with Crippen molar-refractivity contribution >= 4 is 0 Å².